The number of carbonyl (C=O) groups is 4. The summed E-state index contributed by atoms with van der Waals surface area (Å²) in [6, 6.07) is 13.0. The molecule has 2 aromatic rings. The van der Waals surface area contributed by atoms with Crippen molar-refractivity contribution in [1.29, 1.82) is 0 Å². The van der Waals surface area contributed by atoms with Crippen LogP contribution in [0.1, 0.15) is 49.2 Å². The van der Waals surface area contributed by atoms with Gasteiger partial charge in [0.05, 0.1) is 7.11 Å². The van der Waals surface area contributed by atoms with Gasteiger partial charge in [0.25, 0.3) is 11.8 Å². The highest BCUT2D eigenvalue weighted by atomic mass is 16.5. The number of rotatable bonds is 8. The third-order valence-electron chi connectivity index (χ3n) is 4.87. The van der Waals surface area contributed by atoms with E-state index in [0.29, 0.717) is 11.3 Å². The highest BCUT2D eigenvalue weighted by Crippen LogP contribution is 2.22. The van der Waals surface area contributed by atoms with Crippen LogP contribution in [0.3, 0.4) is 0 Å². The van der Waals surface area contributed by atoms with Crippen molar-refractivity contribution in [3.63, 3.8) is 0 Å². The highest BCUT2D eigenvalue weighted by Gasteiger charge is 2.19. The van der Waals surface area contributed by atoms with Gasteiger partial charge in [0.2, 0.25) is 5.91 Å². The van der Waals surface area contributed by atoms with Crippen molar-refractivity contribution in [3.8, 4) is 5.75 Å². The van der Waals surface area contributed by atoms with E-state index in [9.17, 15) is 19.2 Å². The molecule has 2 rings (SSSR count). The largest absolute Gasteiger partial charge is 0.497 e. The number of hydrogen-bond donors (Lipinski definition) is 2. The molecule has 0 spiro atoms. The third kappa shape index (κ3) is 8.20. The van der Waals surface area contributed by atoms with Gasteiger partial charge in [-0.2, -0.15) is 0 Å². The van der Waals surface area contributed by atoms with Crippen LogP contribution in [0.2, 0.25) is 0 Å². The van der Waals surface area contributed by atoms with Crippen molar-refractivity contribution >= 4 is 29.8 Å². The Morgan fingerprint density at radius 3 is 2.15 bits per heavy atom. The smallest absolute Gasteiger partial charge is 0.328 e. The molecular formula is C26H30N2O6. The van der Waals surface area contributed by atoms with E-state index in [2.05, 4.69) is 31.4 Å². The maximum Gasteiger partial charge on any atom is 0.328 e. The van der Waals surface area contributed by atoms with Crippen LogP contribution in [0.4, 0.5) is 0 Å². The number of imide groups is 1. The quantitative estimate of drug-likeness (QED) is 0.457. The van der Waals surface area contributed by atoms with Crippen molar-refractivity contribution < 1.29 is 28.7 Å². The first-order chi connectivity index (χ1) is 16.0. The second kappa shape index (κ2) is 11.8. The molecule has 0 saturated heterocycles. The molecule has 1 atom stereocenters. The van der Waals surface area contributed by atoms with Gasteiger partial charge in [-0.1, -0.05) is 45.0 Å². The normalized spacial score (nSPS) is 12.0. The Morgan fingerprint density at radius 2 is 1.59 bits per heavy atom. The number of hydrogen-bond acceptors (Lipinski definition) is 6. The maximum absolute atomic E-state index is 12.2. The second-order valence-electron chi connectivity index (χ2n) is 8.65. The molecular weight excluding hydrogens is 436 g/mol. The lowest BCUT2D eigenvalue weighted by molar-refractivity contribution is -0.150. The minimum Gasteiger partial charge on any atom is -0.497 e. The van der Waals surface area contributed by atoms with E-state index in [4.69, 9.17) is 9.47 Å². The van der Waals surface area contributed by atoms with E-state index in [1.165, 1.54) is 13.0 Å². The third-order valence-corrected chi connectivity index (χ3v) is 4.87. The number of methoxy groups -OCH3 is 1. The first kappa shape index (κ1) is 26.3. The van der Waals surface area contributed by atoms with Gasteiger partial charge in [0, 0.05) is 11.6 Å². The van der Waals surface area contributed by atoms with E-state index in [0.717, 1.165) is 11.1 Å². The fraction of sp³-hybridized carbons (Fsp3) is 0.308. The summed E-state index contributed by atoms with van der Waals surface area (Å²) in [5.41, 5.74) is 2.09. The zero-order valence-corrected chi connectivity index (χ0v) is 20.0. The lowest BCUT2D eigenvalue weighted by Crippen LogP contribution is -2.41. The van der Waals surface area contributed by atoms with Crippen molar-refractivity contribution in [2.24, 2.45) is 0 Å². The van der Waals surface area contributed by atoms with E-state index >= 15 is 0 Å². The maximum atomic E-state index is 12.2. The topological polar surface area (TPSA) is 111 Å². The highest BCUT2D eigenvalue weighted by molar-refractivity contribution is 6.05. The van der Waals surface area contributed by atoms with Crippen molar-refractivity contribution in [2.45, 2.75) is 39.2 Å². The Balaban J connectivity index is 1.78. The summed E-state index contributed by atoms with van der Waals surface area (Å²) in [6.45, 7) is 6.95. The average molecular weight is 467 g/mol. The number of carbonyl (C=O) groups excluding carboxylic acids is 4. The number of benzene rings is 2. The number of amides is 3. The molecule has 3 amide bonds. The first-order valence-electron chi connectivity index (χ1n) is 10.7. The van der Waals surface area contributed by atoms with Crippen LogP contribution in [0.25, 0.3) is 6.08 Å². The fourth-order valence-electron chi connectivity index (χ4n) is 2.83. The van der Waals surface area contributed by atoms with Gasteiger partial charge in [0.1, 0.15) is 11.8 Å². The van der Waals surface area contributed by atoms with Crippen LogP contribution in [0.5, 0.6) is 5.75 Å². The molecule has 8 heteroatoms. The van der Waals surface area contributed by atoms with Gasteiger partial charge in [-0.25, -0.2) is 4.79 Å². The molecule has 0 unspecified atom stereocenters. The molecule has 0 radical (unpaired) electrons. The van der Waals surface area contributed by atoms with E-state index in [1.807, 2.05) is 12.1 Å². The van der Waals surface area contributed by atoms with Crippen molar-refractivity contribution in [3.05, 3.63) is 71.3 Å². The van der Waals surface area contributed by atoms with Crippen molar-refractivity contribution in [1.82, 2.24) is 10.6 Å². The number of nitrogens with one attached hydrogen (secondary N) is 2. The molecule has 0 aliphatic rings. The van der Waals surface area contributed by atoms with Crippen LogP contribution in [0, 0.1) is 0 Å². The first-order valence-corrected chi connectivity index (χ1v) is 10.7. The molecule has 34 heavy (non-hydrogen) atoms. The SMILES string of the molecule is COc1ccc(/C=C/C(=O)N[C@H](C)C(=O)OCC(=O)NC(=O)c2ccc(C(C)(C)C)cc2)cc1. The summed E-state index contributed by atoms with van der Waals surface area (Å²) in [7, 11) is 1.56. The molecule has 0 saturated carbocycles. The molecule has 2 N–H and O–H groups in total. The van der Waals surface area contributed by atoms with Gasteiger partial charge in [0.15, 0.2) is 6.61 Å². The van der Waals surface area contributed by atoms with E-state index in [1.54, 1.807) is 49.6 Å². The van der Waals surface area contributed by atoms with Crippen molar-refractivity contribution in [2.75, 3.05) is 13.7 Å². The summed E-state index contributed by atoms with van der Waals surface area (Å²) in [5, 5.41) is 4.63. The molecule has 0 aliphatic carbocycles. The molecule has 180 valence electrons. The van der Waals surface area contributed by atoms with Crippen LogP contribution in [-0.4, -0.2) is 43.4 Å². The lowest BCUT2D eigenvalue weighted by atomic mass is 9.87. The van der Waals surface area contributed by atoms with Gasteiger partial charge in [-0.15, -0.1) is 0 Å². The Labute approximate surface area is 199 Å². The fourth-order valence-corrected chi connectivity index (χ4v) is 2.83. The lowest BCUT2D eigenvalue weighted by Gasteiger charge is -2.19. The van der Waals surface area contributed by atoms with Gasteiger partial charge in [-0.3, -0.25) is 19.7 Å². The Hall–Kier alpha value is -3.94. The summed E-state index contributed by atoms with van der Waals surface area (Å²) >= 11 is 0. The number of ether oxygens (including phenoxy) is 2. The monoisotopic (exact) mass is 466 g/mol. The predicted octanol–water partition coefficient (Wildman–Crippen LogP) is 3.01. The molecule has 0 aliphatic heterocycles. The second-order valence-corrected chi connectivity index (χ2v) is 8.65. The summed E-state index contributed by atoms with van der Waals surface area (Å²) < 4.78 is 9.97. The minimum atomic E-state index is -0.985. The van der Waals surface area contributed by atoms with Crippen LogP contribution >= 0.6 is 0 Å². The number of esters is 1. The van der Waals surface area contributed by atoms with E-state index < -0.39 is 36.3 Å². The zero-order valence-electron chi connectivity index (χ0n) is 20.0. The van der Waals surface area contributed by atoms with Crippen LogP contribution in [0.15, 0.2) is 54.6 Å². The minimum absolute atomic E-state index is 0.0589. The Morgan fingerprint density at radius 1 is 0.971 bits per heavy atom. The average Bonchev–Trinajstić information content (AvgIpc) is 2.81. The summed E-state index contributed by atoms with van der Waals surface area (Å²) in [5.74, 6) is -1.97. The molecule has 0 bridgehead atoms. The Kier molecular flexibility index (Phi) is 9.12. The van der Waals surface area contributed by atoms with Crippen LogP contribution in [-0.2, 0) is 24.5 Å². The van der Waals surface area contributed by atoms with E-state index in [-0.39, 0.29) is 5.41 Å². The molecule has 2 aromatic carbocycles. The Bertz CT molecular complexity index is 1050. The summed E-state index contributed by atoms with van der Waals surface area (Å²) in [6.07, 6.45) is 2.86. The van der Waals surface area contributed by atoms with Gasteiger partial charge in [-0.05, 0) is 53.8 Å². The predicted molar refractivity (Wildman–Crippen MR) is 128 cm³/mol. The molecule has 8 nitrogen and oxygen atoms in total. The molecule has 0 fully saturated rings. The zero-order chi connectivity index (χ0) is 25.3. The standard InChI is InChI=1S/C26H30N2O6/c1-17(27-22(29)15-8-18-6-13-21(33-5)14-7-18)25(32)34-16-23(30)28-24(31)19-9-11-20(12-10-19)26(2,3)4/h6-15,17H,16H2,1-5H3,(H,27,29)(H,28,30,31)/b15-8+/t17-/m1/s1. The molecule has 0 heterocycles. The summed E-state index contributed by atoms with van der Waals surface area (Å²) in [4.78, 5) is 48.3. The van der Waals surface area contributed by atoms with Crippen LogP contribution < -0.4 is 15.4 Å². The van der Waals surface area contributed by atoms with Gasteiger partial charge < -0.3 is 14.8 Å². The van der Waals surface area contributed by atoms with Gasteiger partial charge >= 0.3 is 5.97 Å². The molecule has 0 aromatic heterocycles.